The van der Waals surface area contributed by atoms with Crippen LogP contribution in [0.1, 0.15) is 15.2 Å². The fraction of sp³-hybridized carbons (Fsp3) is 0.100. The number of thiophene rings is 1. The fourth-order valence-electron chi connectivity index (χ4n) is 1.35. The first-order valence-corrected chi connectivity index (χ1v) is 5.55. The Labute approximate surface area is 98.8 Å². The number of aromatic carboxylic acids is 1. The lowest BCUT2D eigenvalue weighted by atomic mass is 10.3. The van der Waals surface area contributed by atoms with E-state index in [1.54, 1.807) is 0 Å². The smallest absolute Gasteiger partial charge is 0.342 e. The molecule has 2 aromatic rings. The minimum atomic E-state index is -1.36. The van der Waals surface area contributed by atoms with Gasteiger partial charge in [0.2, 0.25) is 0 Å². The van der Waals surface area contributed by atoms with Crippen LogP contribution in [0, 0.1) is 0 Å². The maximum Gasteiger partial charge on any atom is 0.342 e. The molecular formula is C10H8N2O4S. The molecular weight excluding hydrogens is 244 g/mol. The molecule has 2 N–H and O–H groups in total. The second kappa shape index (κ2) is 4.38. The van der Waals surface area contributed by atoms with Gasteiger partial charge in [-0.05, 0) is 11.4 Å². The Morgan fingerprint density at radius 3 is 2.82 bits per heavy atom. The van der Waals surface area contributed by atoms with Gasteiger partial charge in [0.1, 0.15) is 5.56 Å². The van der Waals surface area contributed by atoms with Crippen molar-refractivity contribution in [3.63, 3.8) is 0 Å². The van der Waals surface area contributed by atoms with Gasteiger partial charge < -0.3 is 5.11 Å². The van der Waals surface area contributed by atoms with E-state index in [-0.39, 0.29) is 6.54 Å². The number of nitrogens with one attached hydrogen (secondary N) is 1. The zero-order valence-corrected chi connectivity index (χ0v) is 9.36. The van der Waals surface area contributed by atoms with Crippen molar-refractivity contribution in [1.82, 2.24) is 9.55 Å². The number of carboxylic acid groups (broad SMARTS) is 1. The summed E-state index contributed by atoms with van der Waals surface area (Å²) in [5.41, 5.74) is -1.94. The van der Waals surface area contributed by atoms with Crippen LogP contribution in [0.5, 0.6) is 0 Å². The standard InChI is InChI=1S/C10H8N2O4S/c13-8-7(9(14)15)5-12(10(16)11-8)4-6-2-1-3-17-6/h1-3,5H,4H2,(H,14,15)(H,11,13,16). The van der Waals surface area contributed by atoms with Gasteiger partial charge in [-0.25, -0.2) is 9.59 Å². The van der Waals surface area contributed by atoms with Crippen molar-refractivity contribution in [1.29, 1.82) is 0 Å². The lowest BCUT2D eigenvalue weighted by Gasteiger charge is -2.03. The molecule has 0 aliphatic carbocycles. The van der Waals surface area contributed by atoms with Gasteiger partial charge in [0.15, 0.2) is 0 Å². The monoisotopic (exact) mass is 252 g/mol. The molecule has 0 fully saturated rings. The predicted molar refractivity (Wildman–Crippen MR) is 61.7 cm³/mol. The fourth-order valence-corrected chi connectivity index (χ4v) is 2.05. The SMILES string of the molecule is O=C(O)c1cn(Cc2cccs2)c(=O)[nH]c1=O. The summed E-state index contributed by atoms with van der Waals surface area (Å²) >= 11 is 1.45. The summed E-state index contributed by atoms with van der Waals surface area (Å²) in [5, 5.41) is 10.6. The number of carboxylic acids is 1. The van der Waals surface area contributed by atoms with Crippen LogP contribution in [0.3, 0.4) is 0 Å². The molecule has 0 atom stereocenters. The quantitative estimate of drug-likeness (QED) is 0.824. The van der Waals surface area contributed by atoms with E-state index >= 15 is 0 Å². The third-order valence-electron chi connectivity index (χ3n) is 2.15. The van der Waals surface area contributed by atoms with Crippen molar-refractivity contribution in [2.75, 3.05) is 0 Å². The molecule has 2 aromatic heterocycles. The van der Waals surface area contributed by atoms with Gasteiger partial charge in [0.05, 0.1) is 6.54 Å². The highest BCUT2D eigenvalue weighted by molar-refractivity contribution is 7.09. The van der Waals surface area contributed by atoms with E-state index in [2.05, 4.69) is 0 Å². The van der Waals surface area contributed by atoms with Crippen LogP contribution in [0.2, 0.25) is 0 Å². The van der Waals surface area contributed by atoms with Gasteiger partial charge in [0.25, 0.3) is 5.56 Å². The second-order valence-electron chi connectivity index (χ2n) is 3.31. The molecule has 6 nitrogen and oxygen atoms in total. The molecule has 0 aliphatic rings. The first-order valence-electron chi connectivity index (χ1n) is 4.67. The molecule has 0 aromatic carbocycles. The highest BCUT2D eigenvalue weighted by atomic mass is 32.1. The molecule has 0 bridgehead atoms. The molecule has 0 aliphatic heterocycles. The number of rotatable bonds is 3. The molecule has 17 heavy (non-hydrogen) atoms. The molecule has 0 unspecified atom stereocenters. The van der Waals surface area contributed by atoms with Gasteiger partial charge in [0, 0.05) is 11.1 Å². The van der Waals surface area contributed by atoms with E-state index in [0.29, 0.717) is 0 Å². The summed E-state index contributed by atoms with van der Waals surface area (Å²) in [5.74, 6) is -1.36. The lowest BCUT2D eigenvalue weighted by molar-refractivity contribution is 0.0693. The van der Waals surface area contributed by atoms with Crippen LogP contribution in [0.15, 0.2) is 33.3 Å². The van der Waals surface area contributed by atoms with Gasteiger partial charge in [-0.2, -0.15) is 0 Å². The Bertz CT molecular complexity index is 654. The first kappa shape index (κ1) is 11.3. The van der Waals surface area contributed by atoms with Crippen molar-refractivity contribution in [2.24, 2.45) is 0 Å². The highest BCUT2D eigenvalue weighted by Crippen LogP contribution is 2.09. The summed E-state index contributed by atoms with van der Waals surface area (Å²) in [6.45, 7) is 0.244. The topological polar surface area (TPSA) is 92.2 Å². The summed E-state index contributed by atoms with van der Waals surface area (Å²) < 4.78 is 1.16. The molecule has 2 rings (SSSR count). The number of hydrogen-bond donors (Lipinski definition) is 2. The van der Waals surface area contributed by atoms with Crippen molar-refractivity contribution >= 4 is 17.3 Å². The first-order chi connectivity index (χ1) is 8.08. The van der Waals surface area contributed by atoms with Crippen LogP contribution in [-0.2, 0) is 6.54 Å². The average Bonchev–Trinajstić information content (AvgIpc) is 2.74. The Morgan fingerprint density at radius 1 is 1.47 bits per heavy atom. The second-order valence-corrected chi connectivity index (χ2v) is 4.35. The minimum Gasteiger partial charge on any atom is -0.477 e. The van der Waals surface area contributed by atoms with Crippen molar-refractivity contribution in [3.8, 4) is 0 Å². The summed E-state index contributed by atoms with van der Waals surface area (Å²) in [7, 11) is 0. The highest BCUT2D eigenvalue weighted by Gasteiger charge is 2.11. The normalized spacial score (nSPS) is 10.4. The van der Waals surface area contributed by atoms with Crippen LogP contribution in [0.25, 0.3) is 0 Å². The Kier molecular flexibility index (Phi) is 2.92. The van der Waals surface area contributed by atoms with Crippen LogP contribution in [-0.4, -0.2) is 20.6 Å². The van der Waals surface area contributed by atoms with Crippen molar-refractivity contribution < 1.29 is 9.90 Å². The number of carbonyl (C=O) groups is 1. The van der Waals surface area contributed by atoms with E-state index in [4.69, 9.17) is 5.11 Å². The molecule has 2 heterocycles. The number of H-pyrrole nitrogens is 1. The minimum absolute atomic E-state index is 0.244. The van der Waals surface area contributed by atoms with Crippen molar-refractivity contribution in [2.45, 2.75) is 6.54 Å². The average molecular weight is 252 g/mol. The molecule has 0 amide bonds. The largest absolute Gasteiger partial charge is 0.477 e. The molecule has 88 valence electrons. The predicted octanol–water partition coefficient (Wildman–Crippen LogP) is 0.345. The van der Waals surface area contributed by atoms with Gasteiger partial charge in [-0.1, -0.05) is 6.07 Å². The van der Waals surface area contributed by atoms with E-state index in [1.807, 2.05) is 22.5 Å². The maximum absolute atomic E-state index is 11.5. The van der Waals surface area contributed by atoms with Crippen molar-refractivity contribution in [3.05, 3.63) is 55.0 Å². The molecule has 0 radical (unpaired) electrons. The van der Waals surface area contributed by atoms with Crippen LogP contribution >= 0.6 is 11.3 Å². The van der Waals surface area contributed by atoms with E-state index in [0.717, 1.165) is 15.6 Å². The number of nitrogens with zero attached hydrogens (tertiary/aromatic N) is 1. The molecule has 0 spiro atoms. The molecule has 7 heteroatoms. The van der Waals surface area contributed by atoms with Gasteiger partial charge in [-0.15, -0.1) is 11.3 Å². The van der Waals surface area contributed by atoms with Crippen LogP contribution < -0.4 is 11.2 Å². The van der Waals surface area contributed by atoms with E-state index < -0.39 is 22.8 Å². The number of hydrogen-bond acceptors (Lipinski definition) is 4. The lowest BCUT2D eigenvalue weighted by Crippen LogP contribution is -2.33. The van der Waals surface area contributed by atoms with E-state index in [1.165, 1.54) is 11.3 Å². The number of aromatic nitrogens is 2. The molecule has 0 saturated carbocycles. The summed E-state index contributed by atoms with van der Waals surface area (Å²) in [6, 6.07) is 3.65. The maximum atomic E-state index is 11.5. The number of aromatic amines is 1. The third kappa shape index (κ3) is 2.34. The third-order valence-corrected chi connectivity index (χ3v) is 3.01. The summed E-state index contributed by atoms with van der Waals surface area (Å²) in [6.07, 6.45) is 1.06. The van der Waals surface area contributed by atoms with Gasteiger partial charge >= 0.3 is 11.7 Å². The summed E-state index contributed by atoms with van der Waals surface area (Å²) in [4.78, 5) is 36.3. The zero-order chi connectivity index (χ0) is 12.4. The zero-order valence-electron chi connectivity index (χ0n) is 8.54. The Morgan fingerprint density at radius 2 is 2.24 bits per heavy atom. The van der Waals surface area contributed by atoms with Crippen LogP contribution in [0.4, 0.5) is 0 Å². The molecule has 0 saturated heterocycles. The van der Waals surface area contributed by atoms with E-state index in [9.17, 15) is 14.4 Å². The Hall–Kier alpha value is -2.15. The van der Waals surface area contributed by atoms with Gasteiger partial charge in [-0.3, -0.25) is 14.3 Å². The Balaban J connectivity index is 2.47.